The topological polar surface area (TPSA) is 72.2 Å². The summed E-state index contributed by atoms with van der Waals surface area (Å²) in [7, 11) is 0. The zero-order chi connectivity index (χ0) is 14.3. The van der Waals surface area contributed by atoms with Crippen LogP contribution in [0.1, 0.15) is 30.6 Å². The van der Waals surface area contributed by atoms with E-state index in [-0.39, 0.29) is 17.7 Å². The van der Waals surface area contributed by atoms with Crippen LogP contribution < -0.4 is 11.1 Å². The van der Waals surface area contributed by atoms with Crippen LogP contribution in [0.15, 0.2) is 24.3 Å². The first-order chi connectivity index (χ1) is 8.99. The van der Waals surface area contributed by atoms with Gasteiger partial charge in [0, 0.05) is 17.3 Å². The molecule has 1 atom stereocenters. The molecule has 1 aromatic rings. The van der Waals surface area contributed by atoms with Gasteiger partial charge in [0.05, 0.1) is 5.75 Å². The van der Waals surface area contributed by atoms with Crippen LogP contribution in [0.25, 0.3) is 0 Å². The lowest BCUT2D eigenvalue weighted by atomic mass is 10.1. The highest BCUT2D eigenvalue weighted by Crippen LogP contribution is 2.12. The summed E-state index contributed by atoms with van der Waals surface area (Å²) in [5, 5.41) is 2.78. The number of benzene rings is 1. The fourth-order valence-corrected chi connectivity index (χ4v) is 2.39. The van der Waals surface area contributed by atoms with Crippen LogP contribution in [-0.4, -0.2) is 29.2 Å². The van der Waals surface area contributed by atoms with E-state index in [0.717, 1.165) is 12.2 Å². The van der Waals surface area contributed by atoms with Gasteiger partial charge in [-0.25, -0.2) is 0 Å². The van der Waals surface area contributed by atoms with Gasteiger partial charge in [0.1, 0.15) is 0 Å². The number of hydrogen-bond acceptors (Lipinski definition) is 4. The molecule has 0 spiro atoms. The minimum Gasteiger partial charge on any atom is -0.328 e. The lowest BCUT2D eigenvalue weighted by Gasteiger charge is -2.07. The highest BCUT2D eigenvalue weighted by molar-refractivity contribution is 7.99. The molecule has 1 aromatic carbocycles. The molecule has 0 aromatic heterocycles. The summed E-state index contributed by atoms with van der Waals surface area (Å²) >= 11 is 1.56. The Bertz CT molecular complexity index is 447. The number of hydrogen-bond donors (Lipinski definition) is 2. The summed E-state index contributed by atoms with van der Waals surface area (Å²) in [4.78, 5) is 22.9. The Labute approximate surface area is 118 Å². The van der Waals surface area contributed by atoms with E-state index < -0.39 is 0 Å². The quantitative estimate of drug-likeness (QED) is 0.594. The second-order valence-electron chi connectivity index (χ2n) is 4.50. The van der Waals surface area contributed by atoms with Crippen LogP contribution in [0.4, 0.5) is 5.69 Å². The minimum absolute atomic E-state index is 0.0117. The lowest BCUT2D eigenvalue weighted by molar-refractivity contribution is -0.113. The molecule has 0 aliphatic carbocycles. The molecule has 19 heavy (non-hydrogen) atoms. The molecule has 0 heterocycles. The summed E-state index contributed by atoms with van der Waals surface area (Å²) in [5.41, 5.74) is 6.89. The van der Waals surface area contributed by atoms with Crippen molar-refractivity contribution in [2.45, 2.75) is 26.3 Å². The lowest BCUT2D eigenvalue weighted by Crippen LogP contribution is -2.17. The predicted octanol–water partition coefficient (Wildman–Crippen LogP) is 2.30. The van der Waals surface area contributed by atoms with Crippen molar-refractivity contribution in [3.8, 4) is 0 Å². The van der Waals surface area contributed by atoms with E-state index in [2.05, 4.69) is 5.32 Å². The number of rotatable bonds is 7. The Balaban J connectivity index is 2.40. The van der Waals surface area contributed by atoms with Gasteiger partial charge in [0.15, 0.2) is 5.78 Å². The number of nitrogens with two attached hydrogens (primary N) is 1. The second kappa shape index (κ2) is 7.96. The van der Waals surface area contributed by atoms with E-state index >= 15 is 0 Å². The fourth-order valence-electron chi connectivity index (χ4n) is 1.45. The van der Waals surface area contributed by atoms with Crippen molar-refractivity contribution >= 4 is 29.1 Å². The van der Waals surface area contributed by atoms with Crippen LogP contribution >= 0.6 is 11.8 Å². The normalized spacial score (nSPS) is 11.9. The Morgan fingerprint density at radius 3 is 2.79 bits per heavy atom. The molecule has 4 nitrogen and oxygen atoms in total. The Kier molecular flexibility index (Phi) is 6.59. The molecule has 3 N–H and O–H groups in total. The molecule has 0 aliphatic heterocycles. The average Bonchev–Trinajstić information content (AvgIpc) is 2.34. The van der Waals surface area contributed by atoms with Crippen molar-refractivity contribution in [2.24, 2.45) is 5.73 Å². The zero-order valence-corrected chi connectivity index (χ0v) is 12.1. The maximum absolute atomic E-state index is 11.7. The van der Waals surface area contributed by atoms with Crippen LogP contribution in [0.5, 0.6) is 0 Å². The molecular formula is C14H20N2O2S. The van der Waals surface area contributed by atoms with E-state index in [1.165, 1.54) is 6.92 Å². The second-order valence-corrected chi connectivity index (χ2v) is 5.61. The van der Waals surface area contributed by atoms with Gasteiger partial charge in [-0.15, -0.1) is 0 Å². The molecule has 0 saturated carbocycles. The average molecular weight is 280 g/mol. The van der Waals surface area contributed by atoms with Crippen LogP contribution in [0, 0.1) is 0 Å². The number of carbonyl (C=O) groups is 2. The summed E-state index contributed by atoms with van der Waals surface area (Å²) in [6.45, 7) is 3.46. The van der Waals surface area contributed by atoms with Crippen LogP contribution in [0.3, 0.4) is 0 Å². The van der Waals surface area contributed by atoms with Crippen molar-refractivity contribution in [1.29, 1.82) is 0 Å². The van der Waals surface area contributed by atoms with E-state index in [1.54, 1.807) is 36.0 Å². The maximum Gasteiger partial charge on any atom is 0.234 e. The predicted molar refractivity (Wildman–Crippen MR) is 80.7 cm³/mol. The summed E-state index contributed by atoms with van der Waals surface area (Å²) in [6.07, 6.45) is 0.901. The number of ketones is 1. The third-order valence-corrected chi connectivity index (χ3v) is 3.49. The number of amides is 1. The first-order valence-corrected chi connectivity index (χ1v) is 7.38. The molecule has 0 aliphatic rings. The monoisotopic (exact) mass is 280 g/mol. The van der Waals surface area contributed by atoms with Crippen molar-refractivity contribution in [2.75, 3.05) is 16.8 Å². The van der Waals surface area contributed by atoms with E-state index in [4.69, 9.17) is 5.73 Å². The van der Waals surface area contributed by atoms with Gasteiger partial charge >= 0.3 is 0 Å². The SMILES string of the molecule is CC(=O)c1cccc(NC(=O)CSCCC(C)N)c1. The number of nitrogens with one attached hydrogen (secondary N) is 1. The molecule has 0 radical (unpaired) electrons. The maximum atomic E-state index is 11.7. The number of thioether (sulfide) groups is 1. The largest absolute Gasteiger partial charge is 0.328 e. The van der Waals surface area contributed by atoms with Gasteiger partial charge in [0.25, 0.3) is 0 Å². The fraction of sp³-hybridized carbons (Fsp3) is 0.429. The highest BCUT2D eigenvalue weighted by Gasteiger charge is 2.05. The number of Topliss-reactive ketones (excluding diaryl/α,β-unsaturated/α-hetero) is 1. The standard InChI is InChI=1S/C14H20N2O2S/c1-10(15)6-7-19-9-14(18)16-13-5-3-4-12(8-13)11(2)17/h3-5,8,10H,6-7,9,15H2,1-2H3,(H,16,18). The summed E-state index contributed by atoms with van der Waals surface area (Å²) in [5.74, 6) is 1.20. The van der Waals surface area contributed by atoms with E-state index in [0.29, 0.717) is 17.0 Å². The van der Waals surface area contributed by atoms with Gasteiger partial charge in [-0.05, 0) is 38.2 Å². The van der Waals surface area contributed by atoms with Gasteiger partial charge in [0.2, 0.25) is 5.91 Å². The molecule has 104 valence electrons. The third kappa shape index (κ3) is 6.40. The number of anilines is 1. The summed E-state index contributed by atoms with van der Waals surface area (Å²) < 4.78 is 0. The molecule has 1 rings (SSSR count). The van der Waals surface area contributed by atoms with E-state index in [9.17, 15) is 9.59 Å². The van der Waals surface area contributed by atoms with Crippen molar-refractivity contribution in [3.05, 3.63) is 29.8 Å². The van der Waals surface area contributed by atoms with E-state index in [1.807, 2.05) is 6.92 Å². The van der Waals surface area contributed by atoms with Gasteiger partial charge < -0.3 is 11.1 Å². The van der Waals surface area contributed by atoms with Crippen molar-refractivity contribution < 1.29 is 9.59 Å². The van der Waals surface area contributed by atoms with Gasteiger partial charge in [-0.2, -0.15) is 11.8 Å². The first-order valence-electron chi connectivity index (χ1n) is 6.23. The van der Waals surface area contributed by atoms with Crippen LogP contribution in [0.2, 0.25) is 0 Å². The Hall–Kier alpha value is -1.33. The Morgan fingerprint density at radius 2 is 2.16 bits per heavy atom. The van der Waals surface area contributed by atoms with Crippen LogP contribution in [-0.2, 0) is 4.79 Å². The smallest absolute Gasteiger partial charge is 0.234 e. The van der Waals surface area contributed by atoms with Crippen molar-refractivity contribution in [3.63, 3.8) is 0 Å². The number of carbonyl (C=O) groups excluding carboxylic acids is 2. The van der Waals surface area contributed by atoms with Gasteiger partial charge in [-0.1, -0.05) is 12.1 Å². The minimum atomic E-state index is -0.0598. The molecule has 1 unspecified atom stereocenters. The molecule has 0 bridgehead atoms. The molecule has 0 saturated heterocycles. The molecule has 0 fully saturated rings. The molecular weight excluding hydrogens is 260 g/mol. The zero-order valence-electron chi connectivity index (χ0n) is 11.3. The highest BCUT2D eigenvalue weighted by atomic mass is 32.2. The van der Waals surface area contributed by atoms with Gasteiger partial charge in [-0.3, -0.25) is 9.59 Å². The molecule has 5 heteroatoms. The Morgan fingerprint density at radius 1 is 1.42 bits per heavy atom. The summed E-state index contributed by atoms with van der Waals surface area (Å²) in [6, 6.07) is 7.12. The third-order valence-electron chi connectivity index (χ3n) is 2.50. The van der Waals surface area contributed by atoms with Crippen molar-refractivity contribution in [1.82, 2.24) is 0 Å². The first kappa shape index (κ1) is 15.7. The molecule has 1 amide bonds.